The smallest absolute Gasteiger partial charge is 0.251 e. The highest BCUT2D eigenvalue weighted by atomic mass is 16.2. The van der Waals surface area contributed by atoms with E-state index in [1.165, 1.54) is 15.9 Å². The summed E-state index contributed by atoms with van der Waals surface area (Å²) in [5, 5.41) is 0. The van der Waals surface area contributed by atoms with Crippen LogP contribution in [0, 0.1) is 0 Å². The number of amides is 2. The van der Waals surface area contributed by atoms with Crippen molar-refractivity contribution in [3.8, 4) is 0 Å². The fourth-order valence-electron chi connectivity index (χ4n) is 2.25. The summed E-state index contributed by atoms with van der Waals surface area (Å²) < 4.78 is 0. The molecule has 1 aliphatic heterocycles. The Kier molecular flexibility index (Phi) is 3.19. The van der Waals surface area contributed by atoms with Crippen LogP contribution >= 0.6 is 0 Å². The average Bonchev–Trinajstić information content (AvgIpc) is 2.75. The van der Waals surface area contributed by atoms with Crippen molar-refractivity contribution in [2.24, 2.45) is 0 Å². The zero-order chi connectivity index (χ0) is 13.3. The van der Waals surface area contributed by atoms with E-state index < -0.39 is 6.04 Å². The van der Waals surface area contributed by atoms with E-state index in [0.717, 1.165) is 11.3 Å². The molecule has 0 spiro atoms. The molecule has 0 aromatic heterocycles. The van der Waals surface area contributed by atoms with Crippen LogP contribution < -0.4 is 4.90 Å². The zero-order valence-electron chi connectivity index (χ0n) is 10.6. The summed E-state index contributed by atoms with van der Waals surface area (Å²) in [4.78, 5) is 27.1. The second-order valence-electron chi connectivity index (χ2n) is 4.49. The Morgan fingerprint density at radius 3 is 2.67 bits per heavy atom. The second-order valence-corrected chi connectivity index (χ2v) is 4.49. The topological polar surface area (TPSA) is 40.6 Å². The number of nitrogens with zero attached hydrogens (tertiary/aromatic N) is 2. The first-order chi connectivity index (χ1) is 8.56. The number of para-hydroxylation sites is 1. The van der Waals surface area contributed by atoms with Crippen molar-refractivity contribution in [1.82, 2.24) is 4.90 Å². The van der Waals surface area contributed by atoms with Gasteiger partial charge >= 0.3 is 0 Å². The monoisotopic (exact) mass is 244 g/mol. The third kappa shape index (κ3) is 1.90. The van der Waals surface area contributed by atoms with Crippen molar-refractivity contribution in [2.75, 3.05) is 19.0 Å². The number of carbonyl (C=O) groups is 2. The summed E-state index contributed by atoms with van der Waals surface area (Å²) in [6, 6.07) is 7.13. The van der Waals surface area contributed by atoms with Gasteiger partial charge in [-0.15, -0.1) is 0 Å². The molecule has 1 aromatic carbocycles. The van der Waals surface area contributed by atoms with Crippen LogP contribution in [-0.4, -0.2) is 36.9 Å². The quantitative estimate of drug-likeness (QED) is 0.734. The SMILES string of the molecule is C=CC(=O)N1c2ccccc2CC1C(=O)N(C)C. The van der Waals surface area contributed by atoms with E-state index in [-0.39, 0.29) is 11.8 Å². The molecule has 0 bridgehead atoms. The minimum Gasteiger partial charge on any atom is -0.347 e. The minimum atomic E-state index is -0.456. The molecule has 0 aliphatic carbocycles. The van der Waals surface area contributed by atoms with Gasteiger partial charge in [0.1, 0.15) is 6.04 Å². The van der Waals surface area contributed by atoms with Crippen molar-refractivity contribution in [3.05, 3.63) is 42.5 Å². The number of hydrogen-bond donors (Lipinski definition) is 0. The number of rotatable bonds is 2. The van der Waals surface area contributed by atoms with Gasteiger partial charge < -0.3 is 4.90 Å². The highest BCUT2D eigenvalue weighted by Crippen LogP contribution is 2.32. The molecule has 1 aliphatic rings. The molecular weight excluding hydrogens is 228 g/mol. The van der Waals surface area contributed by atoms with E-state index in [2.05, 4.69) is 6.58 Å². The van der Waals surface area contributed by atoms with Crippen LogP contribution in [-0.2, 0) is 16.0 Å². The Hall–Kier alpha value is -2.10. The van der Waals surface area contributed by atoms with Crippen LogP contribution in [0.15, 0.2) is 36.9 Å². The molecule has 1 unspecified atom stereocenters. The lowest BCUT2D eigenvalue weighted by molar-refractivity contribution is -0.131. The van der Waals surface area contributed by atoms with Crippen molar-refractivity contribution >= 4 is 17.5 Å². The van der Waals surface area contributed by atoms with Crippen molar-refractivity contribution in [2.45, 2.75) is 12.5 Å². The molecule has 0 radical (unpaired) electrons. The molecule has 0 saturated heterocycles. The predicted octanol–water partition coefficient (Wildman–Crippen LogP) is 1.22. The standard InChI is InChI=1S/C14H16N2O2/c1-4-13(17)16-11-8-6-5-7-10(11)9-12(16)14(18)15(2)3/h4-8,12H,1,9H2,2-3H3. The van der Waals surface area contributed by atoms with Crippen LogP contribution in [0.25, 0.3) is 0 Å². The minimum absolute atomic E-state index is 0.0681. The number of anilines is 1. The summed E-state index contributed by atoms with van der Waals surface area (Å²) >= 11 is 0. The Labute approximate surface area is 106 Å². The number of benzene rings is 1. The zero-order valence-corrected chi connectivity index (χ0v) is 10.6. The highest BCUT2D eigenvalue weighted by Gasteiger charge is 2.37. The van der Waals surface area contributed by atoms with Crippen LogP contribution in [0.1, 0.15) is 5.56 Å². The van der Waals surface area contributed by atoms with Gasteiger partial charge in [-0.05, 0) is 17.7 Å². The summed E-state index contributed by atoms with van der Waals surface area (Å²) in [5.74, 6) is -0.304. The molecule has 1 heterocycles. The van der Waals surface area contributed by atoms with Crippen LogP contribution in [0.3, 0.4) is 0 Å². The van der Waals surface area contributed by atoms with Gasteiger partial charge in [0.15, 0.2) is 0 Å². The van der Waals surface area contributed by atoms with E-state index in [1.807, 2.05) is 24.3 Å². The Balaban J connectivity index is 2.43. The molecule has 18 heavy (non-hydrogen) atoms. The lowest BCUT2D eigenvalue weighted by Gasteiger charge is -2.25. The molecule has 4 heteroatoms. The van der Waals surface area contributed by atoms with Crippen molar-refractivity contribution < 1.29 is 9.59 Å². The molecule has 1 atom stereocenters. The summed E-state index contributed by atoms with van der Waals surface area (Å²) in [5.41, 5.74) is 1.83. The fourth-order valence-corrected chi connectivity index (χ4v) is 2.25. The van der Waals surface area contributed by atoms with Gasteiger partial charge in [-0.25, -0.2) is 0 Å². The lowest BCUT2D eigenvalue weighted by atomic mass is 10.1. The molecule has 0 saturated carbocycles. The maximum Gasteiger partial charge on any atom is 0.251 e. The van der Waals surface area contributed by atoms with Gasteiger partial charge in [0.05, 0.1) is 0 Å². The lowest BCUT2D eigenvalue weighted by Crippen LogP contribution is -2.47. The summed E-state index contributed by atoms with van der Waals surface area (Å²) in [6.07, 6.45) is 1.81. The van der Waals surface area contributed by atoms with Crippen LogP contribution in [0.2, 0.25) is 0 Å². The molecule has 4 nitrogen and oxygen atoms in total. The van der Waals surface area contributed by atoms with E-state index in [0.29, 0.717) is 6.42 Å². The Morgan fingerprint density at radius 1 is 1.39 bits per heavy atom. The van der Waals surface area contributed by atoms with Crippen LogP contribution in [0.5, 0.6) is 0 Å². The normalized spacial score (nSPS) is 17.2. The average molecular weight is 244 g/mol. The molecule has 2 rings (SSSR count). The third-order valence-electron chi connectivity index (χ3n) is 3.11. The largest absolute Gasteiger partial charge is 0.347 e. The van der Waals surface area contributed by atoms with Gasteiger partial charge in [0.2, 0.25) is 5.91 Å². The van der Waals surface area contributed by atoms with Crippen molar-refractivity contribution in [3.63, 3.8) is 0 Å². The van der Waals surface area contributed by atoms with E-state index in [9.17, 15) is 9.59 Å². The first kappa shape index (κ1) is 12.4. The maximum atomic E-state index is 12.1. The van der Waals surface area contributed by atoms with Gasteiger partial charge in [0, 0.05) is 26.2 Å². The van der Waals surface area contributed by atoms with Gasteiger partial charge in [-0.3, -0.25) is 14.5 Å². The first-order valence-electron chi connectivity index (χ1n) is 5.81. The van der Waals surface area contributed by atoms with Gasteiger partial charge in [-0.1, -0.05) is 24.8 Å². The van der Waals surface area contributed by atoms with E-state index in [1.54, 1.807) is 14.1 Å². The fraction of sp³-hybridized carbons (Fsp3) is 0.286. The molecular formula is C14H16N2O2. The van der Waals surface area contributed by atoms with E-state index >= 15 is 0 Å². The molecule has 1 aromatic rings. The summed E-state index contributed by atoms with van der Waals surface area (Å²) in [6.45, 7) is 3.50. The Bertz CT molecular complexity index is 508. The summed E-state index contributed by atoms with van der Waals surface area (Å²) in [7, 11) is 3.39. The maximum absolute atomic E-state index is 12.1. The van der Waals surface area contributed by atoms with Crippen LogP contribution in [0.4, 0.5) is 5.69 Å². The number of fused-ring (bicyclic) bond motifs is 1. The molecule has 0 N–H and O–H groups in total. The van der Waals surface area contributed by atoms with Crippen molar-refractivity contribution in [1.29, 1.82) is 0 Å². The highest BCUT2D eigenvalue weighted by molar-refractivity contribution is 6.08. The predicted molar refractivity (Wildman–Crippen MR) is 70.3 cm³/mol. The van der Waals surface area contributed by atoms with E-state index in [4.69, 9.17) is 0 Å². The molecule has 0 fully saturated rings. The number of likely N-dealkylation sites (N-methyl/N-ethyl adjacent to an activating group) is 1. The number of hydrogen-bond acceptors (Lipinski definition) is 2. The third-order valence-corrected chi connectivity index (χ3v) is 3.11. The van der Waals surface area contributed by atoms with Gasteiger partial charge in [-0.2, -0.15) is 0 Å². The second kappa shape index (κ2) is 4.64. The molecule has 2 amide bonds. The number of carbonyl (C=O) groups excluding carboxylic acids is 2. The first-order valence-corrected chi connectivity index (χ1v) is 5.81. The Morgan fingerprint density at radius 2 is 2.06 bits per heavy atom. The molecule has 94 valence electrons. The van der Waals surface area contributed by atoms with Gasteiger partial charge in [0.25, 0.3) is 5.91 Å².